The van der Waals surface area contributed by atoms with Crippen LogP contribution in [0.2, 0.25) is 5.02 Å². The van der Waals surface area contributed by atoms with E-state index in [1.165, 1.54) is 0 Å². The number of halogens is 2. The summed E-state index contributed by atoms with van der Waals surface area (Å²) in [7, 11) is 0. The molecule has 3 atom stereocenters. The van der Waals surface area contributed by atoms with Gasteiger partial charge in [-0.1, -0.05) is 48.3 Å². The fraction of sp³-hybridized carbons (Fsp3) is 0.529. The summed E-state index contributed by atoms with van der Waals surface area (Å²) in [5.74, 6) is 0.0614. The number of Topliss-reactive ketones (excluding diaryl/α,β-unsaturated/α-hetero) is 1. The lowest BCUT2D eigenvalue weighted by Crippen LogP contribution is -2.47. The van der Waals surface area contributed by atoms with Crippen molar-refractivity contribution in [2.45, 2.75) is 38.4 Å². The molecule has 1 aromatic carbocycles. The first-order valence-electron chi connectivity index (χ1n) is 7.42. The number of hydrogen-bond donors (Lipinski definition) is 1. The Labute approximate surface area is 143 Å². The van der Waals surface area contributed by atoms with Crippen molar-refractivity contribution in [3.8, 4) is 0 Å². The molecule has 0 spiro atoms. The van der Waals surface area contributed by atoms with Crippen molar-refractivity contribution < 1.29 is 9.59 Å². The van der Waals surface area contributed by atoms with Crippen LogP contribution < -0.4 is 5.32 Å². The second kappa shape index (κ2) is 4.81. The second-order valence-corrected chi connectivity index (χ2v) is 8.47. The molecule has 22 heavy (non-hydrogen) atoms. The number of fused-ring (bicyclic) bond motifs is 2. The summed E-state index contributed by atoms with van der Waals surface area (Å²) in [4.78, 5) is 25.3. The van der Waals surface area contributed by atoms with Gasteiger partial charge in [-0.3, -0.25) is 9.59 Å². The molecule has 3 rings (SSSR count). The van der Waals surface area contributed by atoms with Gasteiger partial charge in [0, 0.05) is 16.1 Å². The van der Waals surface area contributed by atoms with Crippen molar-refractivity contribution in [3.05, 3.63) is 29.3 Å². The van der Waals surface area contributed by atoms with Crippen molar-refractivity contribution in [2.24, 2.45) is 16.2 Å². The van der Waals surface area contributed by atoms with Crippen LogP contribution in [0, 0.1) is 16.2 Å². The minimum absolute atomic E-state index is 0.0868. The van der Waals surface area contributed by atoms with Gasteiger partial charge in [0.2, 0.25) is 5.91 Å². The van der Waals surface area contributed by atoms with E-state index in [1.807, 2.05) is 20.8 Å². The van der Waals surface area contributed by atoms with E-state index in [1.54, 1.807) is 24.3 Å². The molecular formula is C17H19BrClNO2. The number of carbonyl (C=O) groups is 2. The predicted molar refractivity (Wildman–Crippen MR) is 91.4 cm³/mol. The molecule has 0 heterocycles. The summed E-state index contributed by atoms with van der Waals surface area (Å²) in [6, 6.07) is 7.03. The highest BCUT2D eigenvalue weighted by atomic mass is 79.9. The van der Waals surface area contributed by atoms with Crippen molar-refractivity contribution in [2.75, 3.05) is 5.32 Å². The average molecular weight is 385 g/mol. The number of hydrogen-bond acceptors (Lipinski definition) is 2. The molecule has 2 saturated carbocycles. The molecule has 0 aliphatic heterocycles. The Morgan fingerprint density at radius 2 is 1.82 bits per heavy atom. The van der Waals surface area contributed by atoms with Crippen LogP contribution in [-0.2, 0) is 9.59 Å². The van der Waals surface area contributed by atoms with Gasteiger partial charge in [0.1, 0.15) is 0 Å². The van der Waals surface area contributed by atoms with E-state index in [0.717, 1.165) is 12.8 Å². The minimum atomic E-state index is -0.710. The van der Waals surface area contributed by atoms with Crippen LogP contribution in [0.5, 0.6) is 0 Å². The molecule has 0 radical (unpaired) electrons. The zero-order valence-corrected chi connectivity index (χ0v) is 15.2. The van der Waals surface area contributed by atoms with Gasteiger partial charge < -0.3 is 5.32 Å². The molecule has 1 aromatic rings. The van der Waals surface area contributed by atoms with Crippen LogP contribution in [0.3, 0.4) is 0 Å². The maximum atomic E-state index is 13.1. The number of carbonyl (C=O) groups excluding carboxylic acids is 2. The molecule has 2 bridgehead atoms. The number of amides is 1. The molecule has 1 amide bonds. The molecule has 2 fully saturated rings. The van der Waals surface area contributed by atoms with Crippen LogP contribution in [0.4, 0.5) is 5.69 Å². The third-order valence-electron chi connectivity index (χ3n) is 6.23. The molecule has 1 N–H and O–H groups in total. The predicted octanol–water partition coefficient (Wildman–Crippen LogP) is 4.44. The fourth-order valence-corrected chi connectivity index (χ4v) is 5.87. The van der Waals surface area contributed by atoms with Crippen molar-refractivity contribution in [3.63, 3.8) is 0 Å². The third kappa shape index (κ3) is 1.74. The second-order valence-electron chi connectivity index (χ2n) is 7.12. The highest BCUT2D eigenvalue weighted by Gasteiger charge is 2.76. The Bertz CT molecular complexity index is 657. The Hall–Kier alpha value is -0.870. The van der Waals surface area contributed by atoms with Gasteiger partial charge in [-0.25, -0.2) is 0 Å². The molecule has 2 aliphatic carbocycles. The van der Waals surface area contributed by atoms with Gasteiger partial charge in [0.15, 0.2) is 5.78 Å². The smallest absolute Gasteiger partial charge is 0.232 e. The van der Waals surface area contributed by atoms with E-state index in [2.05, 4.69) is 21.2 Å². The number of alkyl halides is 1. The van der Waals surface area contributed by atoms with Gasteiger partial charge in [-0.05, 0) is 42.5 Å². The van der Waals surface area contributed by atoms with Crippen LogP contribution in [0.15, 0.2) is 24.3 Å². The zero-order chi connectivity index (χ0) is 16.3. The number of nitrogens with one attached hydrogen (secondary N) is 1. The summed E-state index contributed by atoms with van der Waals surface area (Å²) in [6.07, 6.45) is 1.48. The summed E-state index contributed by atoms with van der Waals surface area (Å²) >= 11 is 9.40. The summed E-state index contributed by atoms with van der Waals surface area (Å²) in [6.45, 7) is 6.08. The quantitative estimate of drug-likeness (QED) is 0.766. The van der Waals surface area contributed by atoms with E-state index in [4.69, 9.17) is 11.6 Å². The zero-order valence-electron chi connectivity index (χ0n) is 12.9. The largest absolute Gasteiger partial charge is 0.326 e. The third-order valence-corrected chi connectivity index (χ3v) is 7.68. The summed E-state index contributed by atoms with van der Waals surface area (Å²) in [5, 5.41) is 3.60. The maximum Gasteiger partial charge on any atom is 0.232 e. The molecule has 0 saturated heterocycles. The first-order chi connectivity index (χ1) is 10.2. The average Bonchev–Trinajstić information content (AvgIpc) is 2.74. The normalized spacial score (nSPS) is 35.7. The van der Waals surface area contributed by atoms with Gasteiger partial charge in [-0.2, -0.15) is 0 Å². The summed E-state index contributed by atoms with van der Waals surface area (Å²) < 4.78 is 0. The van der Waals surface area contributed by atoms with Gasteiger partial charge in [-0.15, -0.1) is 0 Å². The van der Waals surface area contributed by atoms with Gasteiger partial charge in [0.25, 0.3) is 0 Å². The van der Waals surface area contributed by atoms with Crippen LogP contribution in [0.1, 0.15) is 33.6 Å². The molecule has 2 aliphatic rings. The summed E-state index contributed by atoms with van der Waals surface area (Å²) in [5.41, 5.74) is -0.842. The van der Waals surface area contributed by atoms with Gasteiger partial charge in [0.05, 0.1) is 10.2 Å². The maximum absolute atomic E-state index is 13.1. The van der Waals surface area contributed by atoms with Crippen LogP contribution in [0.25, 0.3) is 0 Å². The highest BCUT2D eigenvalue weighted by molar-refractivity contribution is 9.10. The van der Waals surface area contributed by atoms with Crippen molar-refractivity contribution in [1.82, 2.24) is 0 Å². The standard InChI is InChI=1S/C17H19BrClNO2/c1-15(2)16(3)8-9-17(15,12(18)13(16)21)14(22)20-11-6-4-10(19)5-7-11/h4-7,12H,8-9H2,1-3H3,(H,20,22)/t12-,16-,17-/m1/s1. The molecule has 118 valence electrons. The Balaban J connectivity index is 1.97. The molecule has 0 aromatic heterocycles. The topological polar surface area (TPSA) is 46.2 Å². The first kappa shape index (κ1) is 16.0. The first-order valence-corrected chi connectivity index (χ1v) is 8.71. The molecule has 5 heteroatoms. The van der Waals surface area contributed by atoms with Crippen LogP contribution in [-0.4, -0.2) is 16.5 Å². The lowest BCUT2D eigenvalue weighted by Gasteiger charge is -2.39. The fourth-order valence-electron chi connectivity index (χ4n) is 4.23. The van der Waals surface area contributed by atoms with Gasteiger partial charge >= 0.3 is 0 Å². The van der Waals surface area contributed by atoms with E-state index in [0.29, 0.717) is 10.7 Å². The molecule has 0 unspecified atom stereocenters. The highest BCUT2D eigenvalue weighted by Crippen LogP contribution is 2.72. The monoisotopic (exact) mass is 383 g/mol. The Morgan fingerprint density at radius 1 is 1.23 bits per heavy atom. The molecular weight excluding hydrogens is 366 g/mol. The Kier molecular flexibility index (Phi) is 3.50. The van der Waals surface area contributed by atoms with E-state index in [-0.39, 0.29) is 17.1 Å². The van der Waals surface area contributed by atoms with Crippen LogP contribution >= 0.6 is 27.5 Å². The number of benzene rings is 1. The number of rotatable bonds is 2. The SMILES string of the molecule is CC1(C)[C@]2(C(=O)Nc3ccc(Cl)cc3)CC[C@]1(C)C(=O)[C@H]2Br. The minimum Gasteiger partial charge on any atom is -0.326 e. The van der Waals surface area contributed by atoms with Crippen molar-refractivity contribution >= 4 is 44.9 Å². The lowest BCUT2D eigenvalue weighted by molar-refractivity contribution is -0.130. The van der Waals surface area contributed by atoms with E-state index < -0.39 is 15.7 Å². The van der Waals surface area contributed by atoms with Crippen molar-refractivity contribution in [1.29, 1.82) is 0 Å². The number of anilines is 1. The number of ketones is 1. The van der Waals surface area contributed by atoms with E-state index >= 15 is 0 Å². The lowest BCUT2D eigenvalue weighted by atomic mass is 9.64. The Morgan fingerprint density at radius 3 is 2.32 bits per heavy atom. The van der Waals surface area contributed by atoms with E-state index in [9.17, 15) is 9.59 Å². The molecule has 3 nitrogen and oxygen atoms in total.